The quantitative estimate of drug-likeness (QED) is 0.187. The van der Waals surface area contributed by atoms with E-state index in [-0.39, 0.29) is 35.6 Å². The standard InChI is InChI=1S/C20H25ClN4O2.HI/c1-2-22-20(25-14-15-7-9-17(21)10-8-15)24-12-4-11-23-19(27)16-5-3-6-18(26)13-16;/h3,5-10,13,26H,2,4,11-12,14H2,1H3,(H,23,27)(H2,22,24,25);1H. The first-order valence-corrected chi connectivity index (χ1v) is 9.30. The van der Waals surface area contributed by atoms with Crippen LogP contribution in [0.15, 0.2) is 53.5 Å². The molecule has 6 nitrogen and oxygen atoms in total. The van der Waals surface area contributed by atoms with Gasteiger partial charge in [-0.2, -0.15) is 0 Å². The van der Waals surface area contributed by atoms with Crippen molar-refractivity contribution in [3.05, 3.63) is 64.7 Å². The second-order valence-corrected chi connectivity index (χ2v) is 6.34. The molecule has 0 heterocycles. The van der Waals surface area contributed by atoms with E-state index >= 15 is 0 Å². The van der Waals surface area contributed by atoms with Crippen molar-refractivity contribution in [2.75, 3.05) is 19.6 Å². The van der Waals surface area contributed by atoms with Crippen molar-refractivity contribution in [3.63, 3.8) is 0 Å². The van der Waals surface area contributed by atoms with Gasteiger partial charge in [0.15, 0.2) is 5.96 Å². The Balaban J connectivity index is 0.00000392. The number of carbonyl (C=O) groups excluding carboxylic acids is 1. The molecular weight excluding hydrogens is 491 g/mol. The summed E-state index contributed by atoms with van der Waals surface area (Å²) < 4.78 is 0. The first-order chi connectivity index (χ1) is 13.1. The van der Waals surface area contributed by atoms with Gasteiger partial charge in [-0.25, -0.2) is 4.99 Å². The minimum Gasteiger partial charge on any atom is -0.508 e. The molecule has 0 atom stereocenters. The molecule has 0 saturated carbocycles. The minimum absolute atomic E-state index is 0. The van der Waals surface area contributed by atoms with Crippen LogP contribution < -0.4 is 16.0 Å². The van der Waals surface area contributed by atoms with Gasteiger partial charge in [-0.05, 0) is 49.2 Å². The number of benzene rings is 2. The van der Waals surface area contributed by atoms with E-state index in [0.717, 1.165) is 24.5 Å². The third-order valence-electron chi connectivity index (χ3n) is 3.72. The predicted molar refractivity (Wildman–Crippen MR) is 125 cm³/mol. The minimum atomic E-state index is -0.200. The van der Waals surface area contributed by atoms with E-state index in [0.29, 0.717) is 30.2 Å². The van der Waals surface area contributed by atoms with E-state index in [2.05, 4.69) is 20.9 Å². The number of hydrogen-bond donors (Lipinski definition) is 4. The van der Waals surface area contributed by atoms with Crippen molar-refractivity contribution in [1.29, 1.82) is 0 Å². The monoisotopic (exact) mass is 516 g/mol. The van der Waals surface area contributed by atoms with Crippen LogP contribution in [0.25, 0.3) is 0 Å². The largest absolute Gasteiger partial charge is 0.508 e. The molecule has 28 heavy (non-hydrogen) atoms. The first kappa shape index (κ1) is 24.0. The number of guanidine groups is 1. The van der Waals surface area contributed by atoms with Gasteiger partial charge < -0.3 is 21.1 Å². The van der Waals surface area contributed by atoms with Crippen LogP contribution in [0.5, 0.6) is 5.75 Å². The van der Waals surface area contributed by atoms with E-state index in [1.165, 1.54) is 12.1 Å². The molecule has 0 spiro atoms. The Morgan fingerprint density at radius 2 is 1.79 bits per heavy atom. The molecule has 0 aliphatic heterocycles. The highest BCUT2D eigenvalue weighted by molar-refractivity contribution is 14.0. The lowest BCUT2D eigenvalue weighted by Crippen LogP contribution is -2.38. The number of aromatic hydroxyl groups is 1. The van der Waals surface area contributed by atoms with Gasteiger partial charge in [0.25, 0.3) is 5.91 Å². The summed E-state index contributed by atoms with van der Waals surface area (Å²) in [5.41, 5.74) is 1.52. The molecule has 4 N–H and O–H groups in total. The number of phenolic OH excluding ortho intramolecular Hbond substituents is 1. The van der Waals surface area contributed by atoms with Gasteiger partial charge in [0, 0.05) is 30.2 Å². The highest BCUT2D eigenvalue weighted by atomic mass is 127. The zero-order chi connectivity index (χ0) is 19.5. The molecule has 0 unspecified atom stereocenters. The van der Waals surface area contributed by atoms with Crippen molar-refractivity contribution in [3.8, 4) is 5.75 Å². The second kappa shape index (κ2) is 13.2. The smallest absolute Gasteiger partial charge is 0.251 e. The van der Waals surface area contributed by atoms with Gasteiger partial charge in [0.05, 0.1) is 6.54 Å². The number of rotatable bonds is 8. The molecule has 0 fully saturated rings. The highest BCUT2D eigenvalue weighted by Crippen LogP contribution is 2.11. The summed E-state index contributed by atoms with van der Waals surface area (Å²) in [4.78, 5) is 16.5. The van der Waals surface area contributed by atoms with Gasteiger partial charge >= 0.3 is 0 Å². The van der Waals surface area contributed by atoms with Gasteiger partial charge in [-0.15, -0.1) is 24.0 Å². The average Bonchev–Trinajstić information content (AvgIpc) is 2.66. The number of nitrogens with one attached hydrogen (secondary N) is 3. The third kappa shape index (κ3) is 8.79. The number of hydrogen-bond acceptors (Lipinski definition) is 3. The van der Waals surface area contributed by atoms with Gasteiger partial charge in [0.1, 0.15) is 5.75 Å². The van der Waals surface area contributed by atoms with Crippen molar-refractivity contribution in [2.45, 2.75) is 19.9 Å². The van der Waals surface area contributed by atoms with Crippen LogP contribution in [0.3, 0.4) is 0 Å². The molecule has 0 radical (unpaired) electrons. The zero-order valence-corrected chi connectivity index (χ0v) is 18.8. The van der Waals surface area contributed by atoms with Crippen molar-refractivity contribution in [1.82, 2.24) is 16.0 Å². The third-order valence-corrected chi connectivity index (χ3v) is 3.97. The molecule has 0 aliphatic carbocycles. The Morgan fingerprint density at radius 3 is 2.46 bits per heavy atom. The Hall–Kier alpha value is -2.00. The summed E-state index contributed by atoms with van der Waals surface area (Å²) in [7, 11) is 0. The normalized spacial score (nSPS) is 10.7. The Kier molecular flexibility index (Phi) is 11.4. The predicted octanol–water partition coefficient (Wildman–Crippen LogP) is 3.54. The molecule has 2 aromatic rings. The lowest BCUT2D eigenvalue weighted by Gasteiger charge is -2.12. The molecule has 152 valence electrons. The van der Waals surface area contributed by atoms with Gasteiger partial charge in [-0.1, -0.05) is 29.8 Å². The zero-order valence-electron chi connectivity index (χ0n) is 15.7. The maximum absolute atomic E-state index is 12.0. The number of phenols is 1. The van der Waals surface area contributed by atoms with E-state index in [4.69, 9.17) is 11.6 Å². The number of nitrogens with zero attached hydrogens (tertiary/aromatic N) is 1. The maximum Gasteiger partial charge on any atom is 0.251 e. The first-order valence-electron chi connectivity index (χ1n) is 8.92. The lowest BCUT2D eigenvalue weighted by molar-refractivity contribution is 0.0953. The van der Waals surface area contributed by atoms with Crippen LogP contribution in [0.1, 0.15) is 29.3 Å². The molecule has 2 aromatic carbocycles. The fraction of sp³-hybridized carbons (Fsp3) is 0.300. The van der Waals surface area contributed by atoms with Crippen molar-refractivity contribution >= 4 is 47.4 Å². The Bertz CT molecular complexity index is 769. The summed E-state index contributed by atoms with van der Waals surface area (Å²) >= 11 is 5.89. The van der Waals surface area contributed by atoms with Crippen LogP contribution in [-0.4, -0.2) is 36.6 Å². The van der Waals surface area contributed by atoms with E-state index in [1.807, 2.05) is 31.2 Å². The molecule has 0 aromatic heterocycles. The topological polar surface area (TPSA) is 85.8 Å². The fourth-order valence-electron chi connectivity index (χ4n) is 2.35. The lowest BCUT2D eigenvalue weighted by atomic mass is 10.2. The summed E-state index contributed by atoms with van der Waals surface area (Å²) in [5, 5.41) is 19.4. The van der Waals surface area contributed by atoms with E-state index in [9.17, 15) is 9.90 Å². The van der Waals surface area contributed by atoms with Crippen LogP contribution in [-0.2, 0) is 6.54 Å². The molecular formula is C20H26ClIN4O2. The summed E-state index contributed by atoms with van der Waals surface area (Å²) in [5.74, 6) is 0.609. The number of carbonyl (C=O) groups is 1. The summed E-state index contributed by atoms with van der Waals surface area (Å²) in [6.07, 6.45) is 0.746. The molecule has 0 saturated heterocycles. The molecule has 0 aliphatic rings. The SMILES string of the molecule is CCNC(=NCc1ccc(Cl)cc1)NCCCNC(=O)c1cccc(O)c1.I. The molecule has 0 bridgehead atoms. The Morgan fingerprint density at radius 1 is 1.07 bits per heavy atom. The molecule has 8 heteroatoms. The van der Waals surface area contributed by atoms with E-state index in [1.54, 1.807) is 12.1 Å². The van der Waals surface area contributed by atoms with Crippen LogP contribution >= 0.6 is 35.6 Å². The van der Waals surface area contributed by atoms with Gasteiger partial charge in [-0.3, -0.25) is 4.79 Å². The number of halogens is 2. The van der Waals surface area contributed by atoms with Crippen molar-refractivity contribution < 1.29 is 9.90 Å². The van der Waals surface area contributed by atoms with Crippen LogP contribution in [0, 0.1) is 0 Å². The average molecular weight is 517 g/mol. The Labute approximate surface area is 187 Å². The van der Waals surface area contributed by atoms with Crippen LogP contribution in [0.2, 0.25) is 5.02 Å². The number of aliphatic imine (C=N–C) groups is 1. The molecule has 2 rings (SSSR count). The molecule has 1 amide bonds. The summed E-state index contributed by atoms with van der Waals surface area (Å²) in [6.45, 7) is 4.53. The highest BCUT2D eigenvalue weighted by Gasteiger charge is 2.05. The number of amides is 1. The van der Waals surface area contributed by atoms with Crippen molar-refractivity contribution in [2.24, 2.45) is 4.99 Å². The fourth-order valence-corrected chi connectivity index (χ4v) is 2.47. The van der Waals surface area contributed by atoms with E-state index < -0.39 is 0 Å². The second-order valence-electron chi connectivity index (χ2n) is 5.91. The maximum atomic E-state index is 12.0. The van der Waals surface area contributed by atoms with Gasteiger partial charge in [0.2, 0.25) is 0 Å². The van der Waals surface area contributed by atoms with Crippen LogP contribution in [0.4, 0.5) is 0 Å². The summed E-state index contributed by atoms with van der Waals surface area (Å²) in [6, 6.07) is 13.9.